The maximum Gasteiger partial charge on any atom is 0.260 e. The Bertz CT molecular complexity index is 1370. The molecule has 6 heteroatoms. The minimum Gasteiger partial charge on any atom is -0.278 e. The van der Waals surface area contributed by atoms with E-state index in [1.54, 1.807) is 23.2 Å². The number of aromatic nitrogens is 2. The van der Waals surface area contributed by atoms with Crippen LogP contribution in [0.2, 0.25) is 0 Å². The predicted molar refractivity (Wildman–Crippen MR) is 118 cm³/mol. The number of carbonyl (C=O) groups is 1. The van der Waals surface area contributed by atoms with E-state index in [-0.39, 0.29) is 18.0 Å². The molecular weight excluding hydrogens is 397 g/mol. The quantitative estimate of drug-likeness (QED) is 0.372. The van der Waals surface area contributed by atoms with Gasteiger partial charge in [0.05, 0.1) is 16.9 Å². The average molecular weight is 413 g/mol. The van der Waals surface area contributed by atoms with E-state index in [2.05, 4.69) is 9.97 Å². The summed E-state index contributed by atoms with van der Waals surface area (Å²) in [7, 11) is 0. The zero-order valence-electron chi connectivity index (χ0n) is 15.8. The highest BCUT2D eigenvalue weighted by Gasteiger charge is 2.23. The van der Waals surface area contributed by atoms with Gasteiger partial charge in [-0.05, 0) is 47.2 Å². The van der Waals surface area contributed by atoms with E-state index in [1.807, 2.05) is 60.7 Å². The van der Waals surface area contributed by atoms with E-state index in [1.165, 1.54) is 17.4 Å². The SMILES string of the molecule is O=C(c1ccc2ccccc2c1)N(Cc1ccccn1)c1nc2c(F)cccc2s1. The molecule has 0 bridgehead atoms. The van der Waals surface area contributed by atoms with Gasteiger partial charge in [0.1, 0.15) is 11.3 Å². The Morgan fingerprint density at radius 1 is 0.933 bits per heavy atom. The van der Waals surface area contributed by atoms with E-state index < -0.39 is 5.82 Å². The van der Waals surface area contributed by atoms with Crippen molar-refractivity contribution in [3.63, 3.8) is 0 Å². The molecule has 2 heterocycles. The number of rotatable bonds is 4. The number of hydrogen-bond donors (Lipinski definition) is 0. The molecule has 0 radical (unpaired) electrons. The molecule has 1 amide bonds. The Labute approximate surface area is 176 Å². The fraction of sp³-hybridized carbons (Fsp3) is 0.0417. The fourth-order valence-corrected chi connectivity index (χ4v) is 4.35. The van der Waals surface area contributed by atoms with E-state index in [4.69, 9.17) is 0 Å². The number of para-hydroxylation sites is 1. The summed E-state index contributed by atoms with van der Waals surface area (Å²) >= 11 is 1.29. The van der Waals surface area contributed by atoms with E-state index in [0.717, 1.165) is 16.5 Å². The average Bonchev–Trinajstić information content (AvgIpc) is 3.23. The number of thiazole rings is 1. The van der Waals surface area contributed by atoms with Gasteiger partial charge in [-0.25, -0.2) is 9.37 Å². The molecule has 0 aliphatic carbocycles. The molecule has 5 aromatic rings. The first kappa shape index (κ1) is 18.4. The Kier molecular flexibility index (Phi) is 4.69. The molecule has 30 heavy (non-hydrogen) atoms. The van der Waals surface area contributed by atoms with Crippen LogP contribution in [0.5, 0.6) is 0 Å². The predicted octanol–water partition coefficient (Wildman–Crippen LogP) is 5.83. The van der Waals surface area contributed by atoms with Crippen LogP contribution in [0.4, 0.5) is 9.52 Å². The topological polar surface area (TPSA) is 46.1 Å². The van der Waals surface area contributed by atoms with Gasteiger partial charge in [-0.2, -0.15) is 0 Å². The minimum atomic E-state index is -0.397. The van der Waals surface area contributed by atoms with Crippen molar-refractivity contribution in [2.75, 3.05) is 4.90 Å². The van der Waals surface area contributed by atoms with Crippen molar-refractivity contribution in [2.45, 2.75) is 6.54 Å². The van der Waals surface area contributed by atoms with Crippen LogP contribution in [-0.4, -0.2) is 15.9 Å². The number of hydrogen-bond acceptors (Lipinski definition) is 4. The first-order valence-electron chi connectivity index (χ1n) is 9.45. The molecule has 0 saturated carbocycles. The number of carbonyl (C=O) groups excluding carboxylic acids is 1. The highest BCUT2D eigenvalue weighted by Crippen LogP contribution is 2.32. The summed E-state index contributed by atoms with van der Waals surface area (Å²) in [5.41, 5.74) is 1.55. The van der Waals surface area contributed by atoms with Gasteiger partial charge in [0, 0.05) is 11.8 Å². The lowest BCUT2D eigenvalue weighted by molar-refractivity contribution is 0.0985. The van der Waals surface area contributed by atoms with Gasteiger partial charge in [0.2, 0.25) is 0 Å². The number of nitrogens with zero attached hydrogens (tertiary/aromatic N) is 3. The van der Waals surface area contributed by atoms with Crippen LogP contribution in [0.3, 0.4) is 0 Å². The summed E-state index contributed by atoms with van der Waals surface area (Å²) in [5.74, 6) is -0.600. The second kappa shape index (κ2) is 7.65. The maximum absolute atomic E-state index is 14.2. The molecule has 0 spiro atoms. The van der Waals surface area contributed by atoms with Crippen molar-refractivity contribution in [3.05, 3.63) is 102 Å². The smallest absolute Gasteiger partial charge is 0.260 e. The van der Waals surface area contributed by atoms with Crippen LogP contribution in [-0.2, 0) is 6.54 Å². The van der Waals surface area contributed by atoms with Gasteiger partial charge in [-0.15, -0.1) is 0 Å². The van der Waals surface area contributed by atoms with Crippen LogP contribution < -0.4 is 4.90 Å². The summed E-state index contributed by atoms with van der Waals surface area (Å²) in [6.07, 6.45) is 1.69. The highest BCUT2D eigenvalue weighted by atomic mass is 32.1. The number of halogens is 1. The van der Waals surface area contributed by atoms with Crippen LogP contribution in [0.25, 0.3) is 21.0 Å². The first-order valence-corrected chi connectivity index (χ1v) is 10.3. The lowest BCUT2D eigenvalue weighted by atomic mass is 10.1. The summed E-state index contributed by atoms with van der Waals surface area (Å²) in [4.78, 5) is 23.9. The van der Waals surface area contributed by atoms with Crippen LogP contribution >= 0.6 is 11.3 Å². The highest BCUT2D eigenvalue weighted by molar-refractivity contribution is 7.22. The minimum absolute atomic E-state index is 0.203. The lowest BCUT2D eigenvalue weighted by Crippen LogP contribution is -2.30. The van der Waals surface area contributed by atoms with E-state index >= 15 is 0 Å². The molecule has 2 aromatic heterocycles. The van der Waals surface area contributed by atoms with Crippen molar-refractivity contribution >= 4 is 43.4 Å². The fourth-order valence-electron chi connectivity index (χ4n) is 3.38. The van der Waals surface area contributed by atoms with Gasteiger partial charge in [-0.1, -0.05) is 53.8 Å². The van der Waals surface area contributed by atoms with Gasteiger partial charge in [-0.3, -0.25) is 14.7 Å². The van der Waals surface area contributed by atoms with Crippen molar-refractivity contribution in [1.82, 2.24) is 9.97 Å². The third-order valence-corrected chi connectivity index (χ3v) is 5.92. The lowest BCUT2D eigenvalue weighted by Gasteiger charge is -2.20. The molecule has 3 aromatic carbocycles. The third kappa shape index (κ3) is 3.42. The van der Waals surface area contributed by atoms with Gasteiger partial charge < -0.3 is 0 Å². The number of anilines is 1. The molecule has 4 nitrogen and oxygen atoms in total. The molecule has 146 valence electrons. The normalized spacial score (nSPS) is 11.1. The molecule has 0 aliphatic heterocycles. The first-order chi connectivity index (χ1) is 14.7. The van der Waals surface area contributed by atoms with Crippen LogP contribution in [0.15, 0.2) is 85.1 Å². The second-order valence-electron chi connectivity index (χ2n) is 6.86. The van der Waals surface area contributed by atoms with Gasteiger partial charge >= 0.3 is 0 Å². The summed E-state index contributed by atoms with van der Waals surface area (Å²) in [6, 6.07) is 23.9. The zero-order valence-corrected chi connectivity index (χ0v) is 16.6. The standard InChI is InChI=1S/C24H16FN3OS/c25-20-9-5-10-21-22(20)27-24(30-21)28(15-19-8-3-4-13-26-19)23(29)18-12-11-16-6-1-2-7-17(16)14-18/h1-14H,15H2. The molecule has 0 saturated heterocycles. The van der Waals surface area contributed by atoms with Gasteiger partial charge in [0.15, 0.2) is 5.13 Å². The third-order valence-electron chi connectivity index (χ3n) is 4.88. The summed E-state index contributed by atoms with van der Waals surface area (Å²) in [6.45, 7) is 0.244. The van der Waals surface area contributed by atoms with Crippen LogP contribution in [0, 0.1) is 5.82 Å². The van der Waals surface area contributed by atoms with E-state index in [0.29, 0.717) is 15.4 Å². The van der Waals surface area contributed by atoms with Crippen molar-refractivity contribution in [3.8, 4) is 0 Å². The molecule has 0 aliphatic rings. The van der Waals surface area contributed by atoms with Crippen LogP contribution in [0.1, 0.15) is 16.1 Å². The maximum atomic E-state index is 14.2. The monoisotopic (exact) mass is 413 g/mol. The summed E-state index contributed by atoms with van der Waals surface area (Å²) in [5, 5.41) is 2.49. The Hall–Kier alpha value is -3.64. The molecule has 0 unspecified atom stereocenters. The van der Waals surface area contributed by atoms with Crippen molar-refractivity contribution in [2.24, 2.45) is 0 Å². The number of amides is 1. The Morgan fingerprint density at radius 2 is 1.77 bits per heavy atom. The van der Waals surface area contributed by atoms with Crippen molar-refractivity contribution < 1.29 is 9.18 Å². The van der Waals surface area contributed by atoms with Gasteiger partial charge in [0.25, 0.3) is 5.91 Å². The van der Waals surface area contributed by atoms with E-state index in [9.17, 15) is 9.18 Å². The second-order valence-corrected chi connectivity index (χ2v) is 7.87. The summed E-state index contributed by atoms with van der Waals surface area (Å²) < 4.78 is 14.9. The number of benzene rings is 3. The molecule has 0 fully saturated rings. The Morgan fingerprint density at radius 3 is 2.57 bits per heavy atom. The number of pyridine rings is 1. The largest absolute Gasteiger partial charge is 0.278 e. The Balaban J connectivity index is 1.60. The molecule has 5 rings (SSSR count). The molecular formula is C24H16FN3OS. The number of fused-ring (bicyclic) bond motifs is 2. The zero-order chi connectivity index (χ0) is 20.5. The molecule has 0 atom stereocenters. The van der Waals surface area contributed by atoms with Crippen molar-refractivity contribution in [1.29, 1.82) is 0 Å². The molecule has 0 N–H and O–H groups in total.